The maximum atomic E-state index is 13.3. The number of amides is 2. The number of hydrogen-bond donors (Lipinski definition) is 0. The Morgan fingerprint density at radius 1 is 1.19 bits per heavy atom. The van der Waals surface area contributed by atoms with Gasteiger partial charge in [0.1, 0.15) is 6.54 Å². The second-order valence-corrected chi connectivity index (χ2v) is 8.17. The van der Waals surface area contributed by atoms with Crippen molar-refractivity contribution in [2.45, 2.75) is 33.2 Å². The molecule has 0 aliphatic carbocycles. The molecule has 7 heteroatoms. The van der Waals surface area contributed by atoms with Crippen LogP contribution in [0.25, 0.3) is 0 Å². The first kappa shape index (κ1) is 23.0. The van der Waals surface area contributed by atoms with Crippen LogP contribution in [0, 0.1) is 13.8 Å². The van der Waals surface area contributed by atoms with Crippen molar-refractivity contribution in [1.82, 2.24) is 9.91 Å². The summed E-state index contributed by atoms with van der Waals surface area (Å²) in [5.74, 6) is -0.438. The molecule has 0 saturated heterocycles. The van der Waals surface area contributed by atoms with Gasteiger partial charge in [0.15, 0.2) is 0 Å². The van der Waals surface area contributed by atoms with Crippen LogP contribution in [-0.4, -0.2) is 54.2 Å². The lowest BCUT2D eigenvalue weighted by atomic mass is 9.96. The van der Waals surface area contributed by atoms with Gasteiger partial charge in [0, 0.05) is 32.0 Å². The lowest BCUT2D eigenvalue weighted by Gasteiger charge is -2.26. The number of aryl methyl sites for hydroxylation is 2. The topological polar surface area (TPSA) is 62.2 Å². The van der Waals surface area contributed by atoms with Gasteiger partial charge in [-0.25, -0.2) is 5.01 Å². The Kier molecular flexibility index (Phi) is 7.46. The Labute approximate surface area is 188 Å². The number of methoxy groups -OCH3 is 1. The molecule has 2 aromatic carbocycles. The van der Waals surface area contributed by atoms with Gasteiger partial charge in [0.05, 0.1) is 18.4 Å². The van der Waals surface area contributed by atoms with Crippen molar-refractivity contribution < 1.29 is 14.3 Å². The molecule has 0 bridgehead atoms. The highest BCUT2D eigenvalue weighted by molar-refractivity contribution is 6.31. The van der Waals surface area contributed by atoms with Crippen LogP contribution in [0.2, 0.25) is 5.02 Å². The molecule has 0 saturated carbocycles. The van der Waals surface area contributed by atoms with Gasteiger partial charge in [-0.2, -0.15) is 5.10 Å². The van der Waals surface area contributed by atoms with Crippen molar-refractivity contribution in [3.63, 3.8) is 0 Å². The van der Waals surface area contributed by atoms with Gasteiger partial charge < -0.3 is 9.64 Å². The summed E-state index contributed by atoms with van der Waals surface area (Å²) in [6.07, 6.45) is 0.552. The van der Waals surface area contributed by atoms with E-state index in [0.29, 0.717) is 24.6 Å². The number of hydrogen-bond acceptors (Lipinski definition) is 4. The summed E-state index contributed by atoms with van der Waals surface area (Å²) in [5, 5.41) is 6.76. The zero-order valence-electron chi connectivity index (χ0n) is 18.4. The molecule has 0 aromatic heterocycles. The number of carbonyl (C=O) groups is 2. The number of nitrogens with zero attached hydrogens (tertiary/aromatic N) is 3. The molecular weight excluding hydrogens is 414 g/mol. The maximum Gasteiger partial charge on any atom is 0.262 e. The van der Waals surface area contributed by atoms with E-state index >= 15 is 0 Å². The molecule has 0 radical (unpaired) electrons. The van der Waals surface area contributed by atoms with Gasteiger partial charge in [0.2, 0.25) is 5.91 Å². The fraction of sp³-hybridized carbons (Fsp3) is 0.375. The third-order valence-corrected chi connectivity index (χ3v) is 5.95. The lowest BCUT2D eigenvalue weighted by Crippen LogP contribution is -2.41. The number of ether oxygens (including phenoxy) is 1. The normalized spacial score (nSPS) is 15.7. The molecule has 0 unspecified atom stereocenters. The molecule has 1 aliphatic rings. The van der Waals surface area contributed by atoms with E-state index in [1.807, 2.05) is 30.3 Å². The van der Waals surface area contributed by atoms with E-state index < -0.39 is 0 Å². The summed E-state index contributed by atoms with van der Waals surface area (Å²) in [7, 11) is 1.56. The van der Waals surface area contributed by atoms with Gasteiger partial charge in [-0.3, -0.25) is 9.59 Å². The Balaban J connectivity index is 1.93. The summed E-state index contributed by atoms with van der Waals surface area (Å²) < 4.78 is 5.07. The van der Waals surface area contributed by atoms with Crippen molar-refractivity contribution in [2.24, 2.45) is 5.10 Å². The molecule has 2 amide bonds. The summed E-state index contributed by atoms with van der Waals surface area (Å²) in [6, 6.07) is 13.3. The Hall–Kier alpha value is -2.70. The van der Waals surface area contributed by atoms with Crippen LogP contribution in [0.3, 0.4) is 0 Å². The molecule has 6 nitrogen and oxygen atoms in total. The van der Waals surface area contributed by atoms with Crippen LogP contribution in [0.1, 0.15) is 41.6 Å². The molecule has 0 spiro atoms. The predicted molar refractivity (Wildman–Crippen MR) is 122 cm³/mol. The molecule has 3 rings (SSSR count). The standard InChI is InChI=1S/C24H28ClN3O3/c1-16-9-10-19(13-17(16)2)22-14-23(20-7-5-6-8-21(20)25)28(26-22)24(30)15-27(18(3)29)11-12-31-4/h5-10,13,23H,11-12,14-15H2,1-4H3/t23-/m0/s1. The van der Waals surface area contributed by atoms with E-state index in [9.17, 15) is 9.59 Å². The smallest absolute Gasteiger partial charge is 0.262 e. The van der Waals surface area contributed by atoms with E-state index in [-0.39, 0.29) is 24.4 Å². The molecule has 0 fully saturated rings. The van der Waals surface area contributed by atoms with E-state index in [1.165, 1.54) is 28.0 Å². The molecule has 0 N–H and O–H groups in total. The van der Waals surface area contributed by atoms with Crippen LogP contribution in [0.5, 0.6) is 0 Å². The van der Waals surface area contributed by atoms with Gasteiger partial charge in [-0.15, -0.1) is 0 Å². The monoisotopic (exact) mass is 441 g/mol. The molecule has 2 aromatic rings. The Morgan fingerprint density at radius 3 is 2.58 bits per heavy atom. The third-order valence-electron chi connectivity index (χ3n) is 5.61. The van der Waals surface area contributed by atoms with Crippen LogP contribution in [0.4, 0.5) is 0 Å². The molecule has 1 heterocycles. The summed E-state index contributed by atoms with van der Waals surface area (Å²) in [6.45, 7) is 6.21. The average molecular weight is 442 g/mol. The number of rotatable bonds is 7. The summed E-state index contributed by atoms with van der Waals surface area (Å²) in [4.78, 5) is 26.7. The van der Waals surface area contributed by atoms with Gasteiger partial charge in [-0.05, 0) is 48.2 Å². The van der Waals surface area contributed by atoms with Crippen molar-refractivity contribution in [3.05, 3.63) is 69.7 Å². The molecular formula is C24H28ClN3O3. The largest absolute Gasteiger partial charge is 0.383 e. The van der Waals surface area contributed by atoms with Crippen molar-refractivity contribution >= 4 is 29.1 Å². The van der Waals surface area contributed by atoms with Crippen LogP contribution >= 0.6 is 11.6 Å². The highest BCUT2D eigenvalue weighted by Crippen LogP contribution is 2.36. The number of carbonyl (C=O) groups excluding carboxylic acids is 2. The lowest BCUT2D eigenvalue weighted by molar-refractivity contribution is -0.141. The van der Waals surface area contributed by atoms with Crippen molar-refractivity contribution in [3.8, 4) is 0 Å². The van der Waals surface area contributed by atoms with E-state index in [1.54, 1.807) is 7.11 Å². The minimum absolute atomic E-state index is 0.0661. The van der Waals surface area contributed by atoms with E-state index in [2.05, 4.69) is 26.0 Å². The highest BCUT2D eigenvalue weighted by Gasteiger charge is 2.35. The fourth-order valence-corrected chi connectivity index (χ4v) is 3.87. The first-order valence-corrected chi connectivity index (χ1v) is 10.7. The number of halogens is 1. The molecule has 1 atom stereocenters. The van der Waals surface area contributed by atoms with Gasteiger partial charge in [-0.1, -0.05) is 41.9 Å². The first-order chi connectivity index (χ1) is 14.8. The maximum absolute atomic E-state index is 13.3. The quantitative estimate of drug-likeness (QED) is 0.649. The third kappa shape index (κ3) is 5.32. The van der Waals surface area contributed by atoms with E-state index in [0.717, 1.165) is 16.8 Å². The van der Waals surface area contributed by atoms with Gasteiger partial charge >= 0.3 is 0 Å². The number of benzene rings is 2. The first-order valence-electron chi connectivity index (χ1n) is 10.3. The zero-order chi connectivity index (χ0) is 22.5. The van der Waals surface area contributed by atoms with Crippen molar-refractivity contribution in [1.29, 1.82) is 0 Å². The zero-order valence-corrected chi connectivity index (χ0v) is 19.1. The number of hydrazone groups is 1. The highest BCUT2D eigenvalue weighted by atomic mass is 35.5. The second kappa shape index (κ2) is 10.1. The summed E-state index contributed by atoms with van der Waals surface area (Å²) in [5.41, 5.74) is 5.02. The second-order valence-electron chi connectivity index (χ2n) is 7.76. The predicted octanol–water partition coefficient (Wildman–Crippen LogP) is 4.13. The Morgan fingerprint density at radius 2 is 1.94 bits per heavy atom. The molecule has 31 heavy (non-hydrogen) atoms. The van der Waals surface area contributed by atoms with Gasteiger partial charge in [0.25, 0.3) is 5.91 Å². The van der Waals surface area contributed by atoms with Crippen LogP contribution in [0.15, 0.2) is 47.6 Å². The van der Waals surface area contributed by atoms with Crippen LogP contribution < -0.4 is 0 Å². The molecule has 1 aliphatic heterocycles. The fourth-order valence-electron chi connectivity index (χ4n) is 3.61. The minimum Gasteiger partial charge on any atom is -0.383 e. The summed E-state index contributed by atoms with van der Waals surface area (Å²) >= 11 is 6.47. The molecule has 164 valence electrons. The Bertz CT molecular complexity index is 1010. The van der Waals surface area contributed by atoms with Crippen LogP contribution in [-0.2, 0) is 14.3 Å². The average Bonchev–Trinajstić information content (AvgIpc) is 3.18. The minimum atomic E-state index is -0.325. The van der Waals surface area contributed by atoms with Crippen molar-refractivity contribution in [2.75, 3.05) is 26.8 Å². The SMILES string of the molecule is COCCN(CC(=O)N1N=C(c2ccc(C)c(C)c2)C[C@H]1c1ccccc1Cl)C(C)=O. The van der Waals surface area contributed by atoms with E-state index in [4.69, 9.17) is 21.4 Å².